The van der Waals surface area contributed by atoms with Crippen molar-refractivity contribution < 1.29 is 18.7 Å². The van der Waals surface area contributed by atoms with Crippen LogP contribution in [0.1, 0.15) is 0 Å². The Bertz CT molecular complexity index is 696. The molecule has 1 aliphatic rings. The van der Waals surface area contributed by atoms with Gasteiger partial charge in [0.15, 0.2) is 18.2 Å². The van der Waals surface area contributed by atoms with E-state index in [4.69, 9.17) is 9.47 Å². The topological polar surface area (TPSA) is 50.8 Å². The summed E-state index contributed by atoms with van der Waals surface area (Å²) in [6, 6.07) is 16.1. The van der Waals surface area contributed by atoms with Gasteiger partial charge >= 0.3 is 0 Å². The summed E-state index contributed by atoms with van der Waals surface area (Å²) < 4.78 is 24.3. The van der Waals surface area contributed by atoms with Crippen molar-refractivity contribution in [2.75, 3.05) is 37.7 Å². The Balaban J connectivity index is 1.43. The number of ether oxygens (including phenoxy) is 2. The first-order valence-corrected chi connectivity index (χ1v) is 8.28. The molecule has 1 unspecified atom stereocenters. The predicted octanol–water partition coefficient (Wildman–Crippen LogP) is 2.23. The number of nitrogens with zero attached hydrogens (tertiary/aromatic N) is 1. The second-order valence-corrected chi connectivity index (χ2v) is 5.80. The predicted molar refractivity (Wildman–Crippen MR) is 93.3 cm³/mol. The Morgan fingerprint density at radius 3 is 2.76 bits per heavy atom. The van der Waals surface area contributed by atoms with Crippen molar-refractivity contribution in [1.29, 1.82) is 0 Å². The van der Waals surface area contributed by atoms with Crippen LogP contribution in [0.2, 0.25) is 0 Å². The Kier molecular flexibility index (Phi) is 5.85. The van der Waals surface area contributed by atoms with E-state index < -0.39 is 5.82 Å². The monoisotopic (exact) mass is 344 g/mol. The first kappa shape index (κ1) is 17.2. The smallest absolute Gasteiger partial charge is 0.258 e. The van der Waals surface area contributed by atoms with E-state index in [2.05, 4.69) is 22.3 Å². The van der Waals surface area contributed by atoms with E-state index >= 15 is 0 Å². The Morgan fingerprint density at radius 2 is 1.96 bits per heavy atom. The minimum atomic E-state index is -0.482. The van der Waals surface area contributed by atoms with Crippen molar-refractivity contribution in [2.24, 2.45) is 0 Å². The van der Waals surface area contributed by atoms with E-state index in [1.54, 1.807) is 12.1 Å². The fourth-order valence-electron chi connectivity index (χ4n) is 2.70. The third-order valence-corrected chi connectivity index (χ3v) is 3.98. The highest BCUT2D eigenvalue weighted by Gasteiger charge is 2.21. The fraction of sp³-hybridized carbons (Fsp3) is 0.316. The van der Waals surface area contributed by atoms with Gasteiger partial charge in [-0.05, 0) is 24.3 Å². The summed E-state index contributed by atoms with van der Waals surface area (Å²) in [6.45, 7) is 2.31. The number of hydrogen-bond acceptors (Lipinski definition) is 4. The van der Waals surface area contributed by atoms with Crippen molar-refractivity contribution in [3.8, 4) is 5.75 Å². The number of halogens is 1. The molecule has 0 bridgehead atoms. The molecule has 5 nitrogen and oxygen atoms in total. The minimum absolute atomic E-state index is 0.0711. The molecule has 6 heteroatoms. The van der Waals surface area contributed by atoms with Gasteiger partial charge in [0.05, 0.1) is 12.7 Å². The number of nitrogens with one attached hydrogen (secondary N) is 1. The zero-order valence-electron chi connectivity index (χ0n) is 13.9. The molecule has 1 atom stereocenters. The van der Waals surface area contributed by atoms with Crippen LogP contribution in [-0.2, 0) is 9.53 Å². The highest BCUT2D eigenvalue weighted by atomic mass is 19.1. The van der Waals surface area contributed by atoms with Crippen LogP contribution < -0.4 is 15.0 Å². The van der Waals surface area contributed by atoms with E-state index in [1.165, 1.54) is 12.1 Å². The second-order valence-electron chi connectivity index (χ2n) is 5.80. The van der Waals surface area contributed by atoms with Gasteiger partial charge in [0.1, 0.15) is 0 Å². The van der Waals surface area contributed by atoms with Gasteiger partial charge in [-0.15, -0.1) is 0 Å². The molecule has 3 rings (SSSR count). The van der Waals surface area contributed by atoms with Crippen molar-refractivity contribution in [3.63, 3.8) is 0 Å². The van der Waals surface area contributed by atoms with Gasteiger partial charge in [-0.25, -0.2) is 4.39 Å². The summed E-state index contributed by atoms with van der Waals surface area (Å²) in [7, 11) is 0. The molecule has 2 aromatic carbocycles. The standard InChI is InChI=1S/C19H21FN2O3/c20-17-8-4-5-9-18(17)25-14-19(23)21-12-16-13-22(10-11-24-16)15-6-2-1-3-7-15/h1-9,16H,10-14H2,(H,21,23). The average Bonchev–Trinajstić information content (AvgIpc) is 2.67. The van der Waals surface area contributed by atoms with Crippen LogP contribution in [0.3, 0.4) is 0 Å². The van der Waals surface area contributed by atoms with Crippen molar-refractivity contribution in [3.05, 3.63) is 60.4 Å². The highest BCUT2D eigenvalue weighted by molar-refractivity contribution is 5.77. The molecule has 0 spiro atoms. The van der Waals surface area contributed by atoms with E-state index in [0.717, 1.165) is 12.2 Å². The number of para-hydroxylation sites is 2. The third kappa shape index (κ3) is 4.93. The zero-order chi connectivity index (χ0) is 17.5. The summed E-state index contributed by atoms with van der Waals surface area (Å²) in [5.74, 6) is -0.713. The lowest BCUT2D eigenvalue weighted by Crippen LogP contribution is -2.48. The lowest BCUT2D eigenvalue weighted by molar-refractivity contribution is -0.123. The third-order valence-electron chi connectivity index (χ3n) is 3.98. The molecule has 132 valence electrons. The van der Waals surface area contributed by atoms with Crippen molar-refractivity contribution >= 4 is 11.6 Å². The molecule has 1 N–H and O–H groups in total. The van der Waals surface area contributed by atoms with Crippen molar-refractivity contribution in [1.82, 2.24) is 5.32 Å². The van der Waals surface area contributed by atoms with Crippen LogP contribution >= 0.6 is 0 Å². The van der Waals surface area contributed by atoms with E-state index in [9.17, 15) is 9.18 Å². The molecule has 0 saturated carbocycles. The van der Waals surface area contributed by atoms with Gasteiger partial charge in [-0.3, -0.25) is 4.79 Å². The Hall–Kier alpha value is -2.60. The summed E-state index contributed by atoms with van der Waals surface area (Å²) >= 11 is 0. The molecule has 2 aromatic rings. The second kappa shape index (κ2) is 8.48. The molecule has 0 aromatic heterocycles. The van der Waals surface area contributed by atoms with Crippen LogP contribution in [0.15, 0.2) is 54.6 Å². The van der Waals surface area contributed by atoms with Crippen LogP contribution in [-0.4, -0.2) is 44.9 Å². The molecule has 0 aliphatic carbocycles. The SMILES string of the molecule is O=C(COc1ccccc1F)NCC1CN(c2ccccc2)CCO1. The molecule has 1 heterocycles. The molecule has 1 fully saturated rings. The van der Waals surface area contributed by atoms with Gasteiger partial charge in [-0.1, -0.05) is 30.3 Å². The first-order valence-electron chi connectivity index (χ1n) is 8.28. The van der Waals surface area contributed by atoms with E-state index in [1.807, 2.05) is 18.2 Å². The van der Waals surface area contributed by atoms with Crippen LogP contribution in [0.5, 0.6) is 5.75 Å². The Morgan fingerprint density at radius 1 is 1.20 bits per heavy atom. The number of morpholine rings is 1. The van der Waals surface area contributed by atoms with Gasteiger partial charge in [0, 0.05) is 25.3 Å². The quantitative estimate of drug-likeness (QED) is 0.873. The number of amides is 1. The minimum Gasteiger partial charge on any atom is -0.481 e. The maximum atomic E-state index is 13.4. The molecular formula is C19H21FN2O3. The number of carbonyl (C=O) groups is 1. The van der Waals surface area contributed by atoms with Gasteiger partial charge in [0.2, 0.25) is 0 Å². The van der Waals surface area contributed by atoms with Crippen LogP contribution in [0.25, 0.3) is 0 Å². The van der Waals surface area contributed by atoms with Gasteiger partial charge < -0.3 is 19.7 Å². The number of benzene rings is 2. The van der Waals surface area contributed by atoms with Crippen LogP contribution in [0.4, 0.5) is 10.1 Å². The number of hydrogen-bond donors (Lipinski definition) is 1. The number of rotatable bonds is 6. The maximum Gasteiger partial charge on any atom is 0.258 e. The summed E-state index contributed by atoms with van der Waals surface area (Å²) in [5.41, 5.74) is 1.14. The lowest BCUT2D eigenvalue weighted by atomic mass is 10.2. The first-order chi connectivity index (χ1) is 12.2. The van der Waals surface area contributed by atoms with Gasteiger partial charge in [0.25, 0.3) is 5.91 Å². The summed E-state index contributed by atoms with van der Waals surface area (Å²) in [6.07, 6.45) is -0.0913. The normalized spacial score (nSPS) is 17.2. The summed E-state index contributed by atoms with van der Waals surface area (Å²) in [4.78, 5) is 14.1. The van der Waals surface area contributed by atoms with E-state index in [-0.39, 0.29) is 24.4 Å². The number of carbonyl (C=O) groups excluding carboxylic acids is 1. The average molecular weight is 344 g/mol. The molecule has 0 radical (unpaired) electrons. The molecular weight excluding hydrogens is 323 g/mol. The lowest BCUT2D eigenvalue weighted by Gasteiger charge is -2.34. The summed E-state index contributed by atoms with van der Waals surface area (Å²) in [5, 5.41) is 2.78. The van der Waals surface area contributed by atoms with Crippen molar-refractivity contribution in [2.45, 2.75) is 6.10 Å². The highest BCUT2D eigenvalue weighted by Crippen LogP contribution is 2.17. The molecule has 1 aliphatic heterocycles. The Labute approximate surface area is 146 Å². The fourth-order valence-corrected chi connectivity index (χ4v) is 2.70. The molecule has 1 saturated heterocycles. The van der Waals surface area contributed by atoms with Crippen LogP contribution in [0, 0.1) is 5.82 Å². The van der Waals surface area contributed by atoms with E-state index in [0.29, 0.717) is 19.7 Å². The largest absolute Gasteiger partial charge is 0.481 e. The molecule has 25 heavy (non-hydrogen) atoms. The van der Waals surface area contributed by atoms with Gasteiger partial charge in [-0.2, -0.15) is 0 Å². The number of anilines is 1. The zero-order valence-corrected chi connectivity index (χ0v) is 13.9. The molecule has 1 amide bonds. The maximum absolute atomic E-state index is 13.4.